The monoisotopic (exact) mass is 337 g/mol. The molecule has 1 aromatic heterocycles. The van der Waals surface area contributed by atoms with Crippen molar-refractivity contribution in [1.29, 1.82) is 0 Å². The summed E-state index contributed by atoms with van der Waals surface area (Å²) in [5.74, 6) is 2.57. The molecule has 126 valence electrons. The van der Waals surface area contributed by atoms with Crippen molar-refractivity contribution in [3.8, 4) is 5.75 Å². The summed E-state index contributed by atoms with van der Waals surface area (Å²) in [4.78, 5) is 4.56. The maximum atomic E-state index is 9.91. The van der Waals surface area contributed by atoms with Gasteiger partial charge in [-0.2, -0.15) is 5.10 Å². The van der Waals surface area contributed by atoms with Gasteiger partial charge in [0.05, 0.1) is 17.7 Å². The first kappa shape index (κ1) is 17.8. The minimum absolute atomic E-state index is 0.269. The quantitative estimate of drug-likeness (QED) is 0.801. The molecule has 23 heavy (non-hydrogen) atoms. The number of hydrogen-bond acceptors (Lipinski definition) is 4. The lowest BCUT2D eigenvalue weighted by molar-refractivity contribution is 0.141. The minimum Gasteiger partial charge on any atom is -0.484 e. The Morgan fingerprint density at radius 2 is 2.04 bits per heavy atom. The zero-order chi connectivity index (χ0) is 16.8. The summed E-state index contributed by atoms with van der Waals surface area (Å²) >= 11 is 6.10. The van der Waals surface area contributed by atoms with Gasteiger partial charge in [-0.15, -0.1) is 0 Å². The summed E-state index contributed by atoms with van der Waals surface area (Å²) < 4.78 is 7.50. The number of aliphatic hydroxyl groups excluding tert-OH is 1. The molecule has 0 bridgehead atoms. The molecule has 0 aliphatic rings. The predicted molar refractivity (Wildman–Crippen MR) is 90.6 cm³/mol. The van der Waals surface area contributed by atoms with Crippen LogP contribution in [0.3, 0.4) is 0 Å². The molecule has 0 saturated heterocycles. The summed E-state index contributed by atoms with van der Waals surface area (Å²) in [6, 6.07) is 7.33. The highest BCUT2D eigenvalue weighted by molar-refractivity contribution is 6.32. The number of ether oxygens (including phenoxy) is 1. The molecule has 1 heterocycles. The lowest BCUT2D eigenvalue weighted by atomic mass is 10.1. The fourth-order valence-electron chi connectivity index (χ4n) is 2.16. The van der Waals surface area contributed by atoms with E-state index in [0.29, 0.717) is 35.5 Å². The molecule has 0 amide bonds. The standard InChI is InChI=1S/C17H24ClN3O2/c1-4-13(22)10-21-17(19-16(20-21)9-12(2)3)11-23-15-8-6-5-7-14(15)18/h5-8,12-13,22H,4,9-11H2,1-3H3. The molecule has 5 nitrogen and oxygen atoms in total. The van der Waals surface area contributed by atoms with Gasteiger partial charge < -0.3 is 9.84 Å². The van der Waals surface area contributed by atoms with E-state index in [1.807, 2.05) is 25.1 Å². The normalized spacial score (nSPS) is 12.6. The number of aliphatic hydroxyl groups is 1. The Kier molecular flexibility index (Phi) is 6.42. The second-order valence-electron chi connectivity index (χ2n) is 6.01. The average Bonchev–Trinajstić information content (AvgIpc) is 2.87. The van der Waals surface area contributed by atoms with Crippen molar-refractivity contribution in [1.82, 2.24) is 14.8 Å². The number of para-hydroxylation sites is 1. The predicted octanol–water partition coefficient (Wildman–Crippen LogP) is 3.48. The average molecular weight is 338 g/mol. The van der Waals surface area contributed by atoms with Gasteiger partial charge in [0.2, 0.25) is 0 Å². The lowest BCUT2D eigenvalue weighted by Gasteiger charge is -2.11. The Labute approximate surface area is 142 Å². The molecular formula is C17H24ClN3O2. The van der Waals surface area contributed by atoms with Crippen molar-refractivity contribution in [2.24, 2.45) is 5.92 Å². The van der Waals surface area contributed by atoms with E-state index >= 15 is 0 Å². The molecule has 0 saturated carbocycles. The SMILES string of the molecule is CCC(O)Cn1nc(CC(C)C)nc1COc1ccccc1Cl. The van der Waals surface area contributed by atoms with Crippen LogP contribution in [-0.2, 0) is 19.6 Å². The van der Waals surface area contributed by atoms with Crippen molar-refractivity contribution in [2.45, 2.75) is 52.9 Å². The number of rotatable bonds is 8. The van der Waals surface area contributed by atoms with Gasteiger partial charge in [0.1, 0.15) is 12.4 Å². The van der Waals surface area contributed by atoms with Crippen molar-refractivity contribution in [2.75, 3.05) is 0 Å². The van der Waals surface area contributed by atoms with Crippen LogP contribution in [0.25, 0.3) is 0 Å². The largest absolute Gasteiger partial charge is 0.484 e. The molecule has 0 aliphatic heterocycles. The van der Waals surface area contributed by atoms with Crippen molar-refractivity contribution in [3.63, 3.8) is 0 Å². The second-order valence-corrected chi connectivity index (χ2v) is 6.41. The fourth-order valence-corrected chi connectivity index (χ4v) is 2.35. The Balaban J connectivity index is 2.14. The van der Waals surface area contributed by atoms with Crippen LogP contribution in [0.5, 0.6) is 5.75 Å². The number of benzene rings is 1. The Morgan fingerprint density at radius 3 is 2.70 bits per heavy atom. The molecule has 1 atom stereocenters. The van der Waals surface area contributed by atoms with Crippen molar-refractivity contribution < 1.29 is 9.84 Å². The van der Waals surface area contributed by atoms with E-state index in [1.54, 1.807) is 10.7 Å². The maximum absolute atomic E-state index is 9.91. The maximum Gasteiger partial charge on any atom is 0.165 e. The topological polar surface area (TPSA) is 60.2 Å². The van der Waals surface area contributed by atoms with Gasteiger partial charge in [-0.05, 0) is 24.5 Å². The summed E-state index contributed by atoms with van der Waals surface area (Å²) in [7, 11) is 0. The third-order valence-electron chi connectivity index (χ3n) is 3.43. The van der Waals surface area contributed by atoms with Gasteiger partial charge in [-0.1, -0.05) is 44.5 Å². The molecule has 1 N–H and O–H groups in total. The van der Waals surface area contributed by atoms with Crippen LogP contribution >= 0.6 is 11.6 Å². The number of nitrogens with zero attached hydrogens (tertiary/aromatic N) is 3. The van der Waals surface area contributed by atoms with Crippen molar-refractivity contribution in [3.05, 3.63) is 40.9 Å². The van der Waals surface area contributed by atoms with Gasteiger partial charge in [0, 0.05) is 6.42 Å². The van der Waals surface area contributed by atoms with Gasteiger partial charge in [0.25, 0.3) is 0 Å². The summed E-state index contributed by atoms with van der Waals surface area (Å²) in [6.45, 7) is 6.88. The number of hydrogen-bond donors (Lipinski definition) is 1. The zero-order valence-electron chi connectivity index (χ0n) is 13.9. The highest BCUT2D eigenvalue weighted by atomic mass is 35.5. The first-order valence-electron chi connectivity index (χ1n) is 7.97. The Hall–Kier alpha value is -1.59. The molecule has 0 aliphatic carbocycles. The summed E-state index contributed by atoms with van der Waals surface area (Å²) in [6.07, 6.45) is 1.03. The van der Waals surface area contributed by atoms with E-state index in [9.17, 15) is 5.11 Å². The van der Waals surface area contributed by atoms with Crippen LogP contribution in [0.1, 0.15) is 38.8 Å². The van der Waals surface area contributed by atoms with Crippen LogP contribution in [0.15, 0.2) is 24.3 Å². The lowest BCUT2D eigenvalue weighted by Crippen LogP contribution is -2.19. The van der Waals surface area contributed by atoms with E-state index in [0.717, 1.165) is 12.2 Å². The van der Waals surface area contributed by atoms with E-state index in [1.165, 1.54) is 0 Å². The number of aromatic nitrogens is 3. The minimum atomic E-state index is -0.442. The Morgan fingerprint density at radius 1 is 1.30 bits per heavy atom. The molecule has 2 aromatic rings. The first-order chi connectivity index (χ1) is 11.0. The fraction of sp³-hybridized carbons (Fsp3) is 0.529. The van der Waals surface area contributed by atoms with Crippen LogP contribution in [0.4, 0.5) is 0 Å². The van der Waals surface area contributed by atoms with E-state index < -0.39 is 6.10 Å². The molecule has 0 radical (unpaired) electrons. The van der Waals surface area contributed by atoms with E-state index in [2.05, 4.69) is 23.9 Å². The highest BCUT2D eigenvalue weighted by Gasteiger charge is 2.15. The van der Waals surface area contributed by atoms with E-state index in [4.69, 9.17) is 16.3 Å². The van der Waals surface area contributed by atoms with Crippen LogP contribution in [-0.4, -0.2) is 26.0 Å². The molecule has 0 spiro atoms. The molecular weight excluding hydrogens is 314 g/mol. The Bertz CT molecular complexity index is 628. The van der Waals surface area contributed by atoms with Crippen LogP contribution < -0.4 is 4.74 Å². The smallest absolute Gasteiger partial charge is 0.165 e. The van der Waals surface area contributed by atoms with Gasteiger partial charge in [-0.25, -0.2) is 9.67 Å². The second kappa shape index (κ2) is 8.31. The van der Waals surface area contributed by atoms with Crippen LogP contribution in [0.2, 0.25) is 5.02 Å². The van der Waals surface area contributed by atoms with Gasteiger partial charge in [-0.3, -0.25) is 0 Å². The molecule has 1 aromatic carbocycles. The summed E-state index contributed by atoms with van der Waals surface area (Å²) in [5.41, 5.74) is 0. The molecule has 1 unspecified atom stereocenters. The first-order valence-corrected chi connectivity index (χ1v) is 8.35. The molecule has 6 heteroatoms. The van der Waals surface area contributed by atoms with Crippen molar-refractivity contribution >= 4 is 11.6 Å². The molecule has 2 rings (SSSR count). The van der Waals surface area contributed by atoms with Gasteiger partial charge in [0.15, 0.2) is 11.6 Å². The third kappa shape index (κ3) is 5.22. The molecule has 0 fully saturated rings. The highest BCUT2D eigenvalue weighted by Crippen LogP contribution is 2.24. The van der Waals surface area contributed by atoms with Gasteiger partial charge >= 0.3 is 0 Å². The third-order valence-corrected chi connectivity index (χ3v) is 3.74. The van der Waals surface area contributed by atoms with E-state index in [-0.39, 0.29) is 6.61 Å². The zero-order valence-corrected chi connectivity index (χ0v) is 14.6. The summed E-state index contributed by atoms with van der Waals surface area (Å²) in [5, 5.41) is 15.0. The van der Waals surface area contributed by atoms with Crippen LogP contribution in [0, 0.1) is 5.92 Å². The number of halogens is 1.